The number of aryl methyl sites for hydroxylation is 1. The van der Waals surface area contributed by atoms with E-state index in [4.69, 9.17) is 5.73 Å². The first-order valence-electron chi connectivity index (χ1n) is 8.83. The van der Waals surface area contributed by atoms with Gasteiger partial charge in [-0.25, -0.2) is 9.37 Å². The van der Waals surface area contributed by atoms with Crippen molar-refractivity contribution in [2.45, 2.75) is 50.6 Å². The molecule has 130 valence electrons. The Balaban J connectivity index is 1.56. The summed E-state index contributed by atoms with van der Waals surface area (Å²) >= 11 is 0. The molecule has 2 fully saturated rings. The summed E-state index contributed by atoms with van der Waals surface area (Å²) in [5.41, 5.74) is 8.22. The molecule has 2 saturated heterocycles. The van der Waals surface area contributed by atoms with Crippen LogP contribution in [0.5, 0.6) is 0 Å². The van der Waals surface area contributed by atoms with Crippen molar-refractivity contribution in [3.63, 3.8) is 0 Å². The molecule has 2 bridgehead atoms. The molecular weight excluding hydrogens is 317 g/mol. The minimum atomic E-state index is -0.158. The van der Waals surface area contributed by atoms with Crippen molar-refractivity contribution in [2.24, 2.45) is 0 Å². The second kappa shape index (κ2) is 6.14. The molecule has 0 radical (unpaired) electrons. The molecule has 5 heteroatoms. The van der Waals surface area contributed by atoms with Gasteiger partial charge in [-0.05, 0) is 67.9 Å². The quantitative estimate of drug-likeness (QED) is 0.908. The number of rotatable bonds is 2. The van der Waals surface area contributed by atoms with Gasteiger partial charge in [-0.2, -0.15) is 0 Å². The first-order valence-corrected chi connectivity index (χ1v) is 8.83. The Morgan fingerprint density at radius 3 is 2.56 bits per heavy atom. The Morgan fingerprint density at radius 1 is 1.20 bits per heavy atom. The average molecular weight is 339 g/mol. The highest BCUT2D eigenvalue weighted by Crippen LogP contribution is 2.43. The van der Waals surface area contributed by atoms with E-state index in [0.29, 0.717) is 22.9 Å². The number of carbonyl (C=O) groups is 1. The molecule has 2 aliphatic heterocycles. The monoisotopic (exact) mass is 339 g/mol. The Kier molecular flexibility index (Phi) is 3.94. The molecule has 2 aliphatic rings. The third-order valence-electron chi connectivity index (χ3n) is 5.65. The summed E-state index contributed by atoms with van der Waals surface area (Å²) in [7, 11) is 0. The van der Waals surface area contributed by atoms with E-state index in [1.54, 1.807) is 31.3 Å². The van der Waals surface area contributed by atoms with Crippen molar-refractivity contribution >= 4 is 11.7 Å². The summed E-state index contributed by atoms with van der Waals surface area (Å²) in [5, 5.41) is 0. The van der Waals surface area contributed by atoms with Crippen molar-refractivity contribution in [3.8, 4) is 0 Å². The van der Waals surface area contributed by atoms with Crippen LogP contribution in [0.1, 0.15) is 53.1 Å². The number of benzene rings is 1. The number of pyridine rings is 1. The van der Waals surface area contributed by atoms with Crippen molar-refractivity contribution in [2.75, 3.05) is 5.73 Å². The lowest BCUT2D eigenvalue weighted by atomic mass is 9.84. The molecule has 2 aromatic rings. The van der Waals surface area contributed by atoms with Gasteiger partial charge in [0.15, 0.2) is 0 Å². The Hall–Kier alpha value is -2.43. The number of nitrogens with two attached hydrogens (primary N) is 1. The molecule has 0 spiro atoms. The summed E-state index contributed by atoms with van der Waals surface area (Å²) in [5.74, 6) is 0.656. The number of hydrogen-bond donors (Lipinski definition) is 1. The van der Waals surface area contributed by atoms with Gasteiger partial charge in [0.25, 0.3) is 5.91 Å². The molecule has 3 heterocycles. The van der Waals surface area contributed by atoms with Crippen LogP contribution in [0, 0.1) is 12.7 Å². The van der Waals surface area contributed by atoms with Crippen LogP contribution in [-0.2, 0) is 0 Å². The van der Waals surface area contributed by atoms with Crippen LogP contribution in [0.2, 0.25) is 0 Å². The molecule has 25 heavy (non-hydrogen) atoms. The fourth-order valence-electron chi connectivity index (χ4n) is 4.43. The van der Waals surface area contributed by atoms with Gasteiger partial charge < -0.3 is 10.6 Å². The van der Waals surface area contributed by atoms with Crippen LogP contribution < -0.4 is 5.73 Å². The number of anilines is 1. The molecular formula is C20H22FN3O. The second-order valence-corrected chi connectivity index (χ2v) is 7.24. The van der Waals surface area contributed by atoms with Crippen molar-refractivity contribution in [1.82, 2.24) is 9.88 Å². The molecule has 0 aliphatic carbocycles. The zero-order valence-corrected chi connectivity index (χ0v) is 14.3. The Labute approximate surface area is 146 Å². The van der Waals surface area contributed by atoms with Gasteiger partial charge >= 0.3 is 0 Å². The second-order valence-electron chi connectivity index (χ2n) is 7.24. The van der Waals surface area contributed by atoms with Crippen LogP contribution in [0.15, 0.2) is 36.5 Å². The lowest BCUT2D eigenvalue weighted by Gasteiger charge is -2.39. The van der Waals surface area contributed by atoms with E-state index < -0.39 is 0 Å². The molecule has 2 N–H and O–H groups in total. The van der Waals surface area contributed by atoms with Crippen LogP contribution in [-0.4, -0.2) is 27.9 Å². The van der Waals surface area contributed by atoms with Crippen LogP contribution in [0.25, 0.3) is 0 Å². The summed E-state index contributed by atoms with van der Waals surface area (Å²) in [6.07, 6.45) is 5.53. The van der Waals surface area contributed by atoms with Gasteiger partial charge in [0.05, 0.1) is 0 Å². The molecule has 1 aromatic carbocycles. The highest BCUT2D eigenvalue weighted by Gasteiger charge is 2.43. The fraction of sp³-hybridized carbons (Fsp3) is 0.400. The number of piperidine rings is 1. The lowest BCUT2D eigenvalue weighted by molar-refractivity contribution is 0.0571. The molecule has 4 nitrogen and oxygen atoms in total. The smallest absolute Gasteiger partial charge is 0.254 e. The van der Waals surface area contributed by atoms with E-state index in [1.807, 2.05) is 17.0 Å². The van der Waals surface area contributed by atoms with E-state index in [2.05, 4.69) is 4.98 Å². The summed E-state index contributed by atoms with van der Waals surface area (Å²) in [6.45, 7) is 1.81. The number of nitrogen functional groups attached to an aromatic ring is 1. The standard InChI is InChI=1S/C20H22FN3O/c1-12-8-13(2-5-18(12)21)15-9-16-3-4-17(10-15)24(16)20(25)14-6-7-23-19(22)11-14/h2,5-8,11,15-17H,3-4,9-10H2,1H3,(H2,22,23). The first kappa shape index (κ1) is 16.1. The Bertz CT molecular complexity index is 808. The summed E-state index contributed by atoms with van der Waals surface area (Å²) in [6, 6.07) is 9.29. The number of halogens is 1. The highest BCUT2D eigenvalue weighted by atomic mass is 19.1. The normalized spacial score (nSPS) is 25.2. The molecule has 2 unspecified atom stereocenters. The molecule has 1 amide bonds. The number of aromatic nitrogens is 1. The average Bonchev–Trinajstić information content (AvgIpc) is 2.86. The number of amides is 1. The number of hydrogen-bond acceptors (Lipinski definition) is 3. The van der Waals surface area contributed by atoms with Crippen LogP contribution >= 0.6 is 0 Å². The van der Waals surface area contributed by atoms with Crippen LogP contribution in [0.3, 0.4) is 0 Å². The maximum atomic E-state index is 13.6. The SMILES string of the molecule is Cc1cc(C2CC3CCC(C2)N3C(=O)c2ccnc(N)c2)ccc1F. The number of carbonyl (C=O) groups excluding carboxylic acids is 1. The first-order chi connectivity index (χ1) is 12.0. The van der Waals surface area contributed by atoms with Gasteiger partial charge in [0.1, 0.15) is 11.6 Å². The predicted molar refractivity (Wildman–Crippen MR) is 94.7 cm³/mol. The van der Waals surface area contributed by atoms with Gasteiger partial charge in [0, 0.05) is 23.8 Å². The van der Waals surface area contributed by atoms with Crippen molar-refractivity contribution in [1.29, 1.82) is 0 Å². The maximum Gasteiger partial charge on any atom is 0.254 e. The largest absolute Gasteiger partial charge is 0.384 e. The lowest BCUT2D eigenvalue weighted by Crippen LogP contribution is -2.46. The fourth-order valence-corrected chi connectivity index (χ4v) is 4.43. The van der Waals surface area contributed by atoms with Gasteiger partial charge in [-0.3, -0.25) is 4.79 Å². The predicted octanol–water partition coefficient (Wildman–Crippen LogP) is 3.66. The van der Waals surface area contributed by atoms with E-state index >= 15 is 0 Å². The third-order valence-corrected chi connectivity index (χ3v) is 5.65. The molecule has 2 atom stereocenters. The number of nitrogens with zero attached hydrogens (tertiary/aromatic N) is 2. The zero-order valence-electron chi connectivity index (χ0n) is 14.3. The van der Waals surface area contributed by atoms with Crippen molar-refractivity contribution < 1.29 is 9.18 Å². The van der Waals surface area contributed by atoms with Gasteiger partial charge in [-0.1, -0.05) is 12.1 Å². The summed E-state index contributed by atoms with van der Waals surface area (Å²) < 4.78 is 13.6. The number of fused-ring (bicyclic) bond motifs is 2. The van der Waals surface area contributed by atoms with E-state index in [1.165, 1.54) is 5.56 Å². The van der Waals surface area contributed by atoms with E-state index in [9.17, 15) is 9.18 Å². The third kappa shape index (κ3) is 2.88. The maximum absolute atomic E-state index is 13.6. The zero-order chi connectivity index (χ0) is 17.6. The highest BCUT2D eigenvalue weighted by molar-refractivity contribution is 5.95. The van der Waals surface area contributed by atoms with Crippen LogP contribution in [0.4, 0.5) is 10.2 Å². The molecule has 4 rings (SSSR count). The topological polar surface area (TPSA) is 59.2 Å². The van der Waals surface area contributed by atoms with Crippen molar-refractivity contribution in [3.05, 3.63) is 59.0 Å². The van der Waals surface area contributed by atoms with E-state index in [-0.39, 0.29) is 23.8 Å². The molecule has 1 aromatic heterocycles. The minimum absolute atomic E-state index is 0.0512. The summed E-state index contributed by atoms with van der Waals surface area (Å²) in [4.78, 5) is 19.0. The molecule has 0 saturated carbocycles. The minimum Gasteiger partial charge on any atom is -0.384 e. The van der Waals surface area contributed by atoms with Gasteiger partial charge in [0.2, 0.25) is 0 Å². The Morgan fingerprint density at radius 2 is 1.92 bits per heavy atom. The van der Waals surface area contributed by atoms with E-state index in [0.717, 1.165) is 25.7 Å². The van der Waals surface area contributed by atoms with Gasteiger partial charge in [-0.15, -0.1) is 0 Å².